The highest BCUT2D eigenvalue weighted by Gasteiger charge is 2.32. The molecule has 0 saturated carbocycles. The molecule has 0 amide bonds. The van der Waals surface area contributed by atoms with Crippen molar-refractivity contribution in [1.82, 2.24) is 4.90 Å². The van der Waals surface area contributed by atoms with E-state index in [9.17, 15) is 0 Å². The molecule has 19 heavy (non-hydrogen) atoms. The Morgan fingerprint density at radius 1 is 1.42 bits per heavy atom. The van der Waals surface area contributed by atoms with Crippen molar-refractivity contribution in [3.05, 3.63) is 28.2 Å². The van der Waals surface area contributed by atoms with Crippen molar-refractivity contribution in [1.29, 1.82) is 0 Å². The Morgan fingerprint density at radius 2 is 2.05 bits per heavy atom. The first-order valence-electron chi connectivity index (χ1n) is 6.60. The molecule has 0 aliphatic carbocycles. The van der Waals surface area contributed by atoms with Crippen LogP contribution in [0.2, 0.25) is 0 Å². The summed E-state index contributed by atoms with van der Waals surface area (Å²) in [6.45, 7) is 4.39. The Hall–Kier alpha value is -0.580. The first-order valence-corrected chi connectivity index (χ1v) is 7.39. The van der Waals surface area contributed by atoms with Gasteiger partial charge in [0.1, 0.15) is 5.75 Å². The van der Waals surface area contributed by atoms with E-state index in [0.717, 1.165) is 28.6 Å². The predicted molar refractivity (Wildman–Crippen MR) is 84.8 cm³/mol. The second-order valence-corrected chi connectivity index (χ2v) is 6.29. The summed E-state index contributed by atoms with van der Waals surface area (Å²) in [7, 11) is 5.87. The molecule has 0 fully saturated rings. The van der Waals surface area contributed by atoms with Crippen LogP contribution in [-0.2, 0) is 6.42 Å². The molecule has 0 heterocycles. The molecule has 0 radical (unpaired) electrons. The minimum absolute atomic E-state index is 0.0205. The fourth-order valence-corrected chi connectivity index (χ4v) is 2.68. The van der Waals surface area contributed by atoms with Crippen LogP contribution in [0.3, 0.4) is 0 Å². The fourth-order valence-electron chi connectivity index (χ4n) is 2.27. The first-order chi connectivity index (χ1) is 8.85. The molecule has 0 aliphatic rings. The van der Waals surface area contributed by atoms with Gasteiger partial charge in [0.25, 0.3) is 0 Å². The van der Waals surface area contributed by atoms with Crippen LogP contribution in [0.25, 0.3) is 0 Å². The van der Waals surface area contributed by atoms with E-state index in [0.29, 0.717) is 0 Å². The predicted octanol–water partition coefficient (Wildman–Crippen LogP) is 3.06. The van der Waals surface area contributed by atoms with E-state index < -0.39 is 0 Å². The molecule has 2 unspecified atom stereocenters. The lowest BCUT2D eigenvalue weighted by Crippen LogP contribution is -2.55. The highest BCUT2D eigenvalue weighted by Crippen LogP contribution is 2.28. The van der Waals surface area contributed by atoms with Crippen molar-refractivity contribution in [3.63, 3.8) is 0 Å². The third kappa shape index (κ3) is 3.71. The molecule has 3 nitrogen and oxygen atoms in total. The molecular formula is C15H25BrN2O. The summed E-state index contributed by atoms with van der Waals surface area (Å²) >= 11 is 3.51. The molecule has 4 heteroatoms. The van der Waals surface area contributed by atoms with Gasteiger partial charge in [-0.2, -0.15) is 0 Å². The Balaban J connectivity index is 2.98. The van der Waals surface area contributed by atoms with Crippen molar-refractivity contribution in [3.8, 4) is 5.75 Å². The van der Waals surface area contributed by atoms with Gasteiger partial charge in [0.05, 0.1) is 7.11 Å². The third-order valence-electron chi connectivity index (χ3n) is 4.22. The van der Waals surface area contributed by atoms with Crippen LogP contribution in [0, 0.1) is 0 Å². The molecule has 0 spiro atoms. The summed E-state index contributed by atoms with van der Waals surface area (Å²) < 4.78 is 6.47. The lowest BCUT2D eigenvalue weighted by Gasteiger charge is -2.41. The van der Waals surface area contributed by atoms with Crippen molar-refractivity contribution < 1.29 is 4.74 Å². The second kappa shape index (κ2) is 6.73. The molecule has 1 aromatic carbocycles. The normalized spacial score (nSPS) is 16.2. The Bertz CT molecular complexity index is 423. The van der Waals surface area contributed by atoms with Gasteiger partial charge in [-0.05, 0) is 57.6 Å². The van der Waals surface area contributed by atoms with Gasteiger partial charge >= 0.3 is 0 Å². The second-order valence-electron chi connectivity index (χ2n) is 5.37. The highest BCUT2D eigenvalue weighted by molar-refractivity contribution is 9.10. The average molecular weight is 329 g/mol. The van der Waals surface area contributed by atoms with Crippen LogP contribution in [0.4, 0.5) is 0 Å². The van der Waals surface area contributed by atoms with Gasteiger partial charge in [0.15, 0.2) is 0 Å². The van der Waals surface area contributed by atoms with Crippen LogP contribution >= 0.6 is 15.9 Å². The van der Waals surface area contributed by atoms with Crippen LogP contribution in [0.15, 0.2) is 22.7 Å². The van der Waals surface area contributed by atoms with E-state index >= 15 is 0 Å². The Morgan fingerprint density at radius 3 is 2.53 bits per heavy atom. The molecule has 108 valence electrons. The summed E-state index contributed by atoms with van der Waals surface area (Å²) in [5.41, 5.74) is 7.58. The molecule has 0 aromatic heterocycles. The number of nitrogens with two attached hydrogens (primary N) is 1. The standard InChI is InChI=1S/C15H25BrN2O/c1-6-15(2,18(3)4)14(17)10-11-9-12(16)7-8-13(11)19-5/h7-9,14H,6,10,17H2,1-5H3. The third-order valence-corrected chi connectivity index (χ3v) is 4.71. The molecule has 0 aliphatic heterocycles. The molecular weight excluding hydrogens is 304 g/mol. The number of benzene rings is 1. The topological polar surface area (TPSA) is 38.5 Å². The minimum atomic E-state index is -0.0205. The summed E-state index contributed by atoms with van der Waals surface area (Å²) in [4.78, 5) is 2.21. The number of rotatable bonds is 6. The minimum Gasteiger partial charge on any atom is -0.496 e. The van der Waals surface area contributed by atoms with Crippen molar-refractivity contribution in [2.75, 3.05) is 21.2 Å². The van der Waals surface area contributed by atoms with E-state index in [1.54, 1.807) is 7.11 Å². The molecule has 0 saturated heterocycles. The quantitative estimate of drug-likeness (QED) is 0.872. The molecule has 2 N–H and O–H groups in total. The van der Waals surface area contributed by atoms with Gasteiger partial charge in [-0.25, -0.2) is 0 Å². The maximum atomic E-state index is 6.46. The number of likely N-dealkylation sites (N-methyl/N-ethyl adjacent to an activating group) is 1. The van der Waals surface area contributed by atoms with Gasteiger partial charge in [-0.3, -0.25) is 0 Å². The molecule has 1 aromatic rings. The lowest BCUT2D eigenvalue weighted by atomic mass is 9.84. The van der Waals surface area contributed by atoms with Crippen LogP contribution in [0.5, 0.6) is 5.75 Å². The Kier molecular flexibility index (Phi) is 5.83. The van der Waals surface area contributed by atoms with E-state index in [2.05, 4.69) is 54.8 Å². The van der Waals surface area contributed by atoms with Gasteiger partial charge in [-0.1, -0.05) is 22.9 Å². The van der Waals surface area contributed by atoms with Gasteiger partial charge in [0, 0.05) is 16.1 Å². The molecule has 0 bridgehead atoms. The number of methoxy groups -OCH3 is 1. The van der Waals surface area contributed by atoms with Crippen LogP contribution < -0.4 is 10.5 Å². The number of nitrogens with zero attached hydrogens (tertiary/aromatic N) is 1. The van der Waals surface area contributed by atoms with Crippen molar-refractivity contribution in [2.24, 2.45) is 5.73 Å². The monoisotopic (exact) mass is 328 g/mol. The number of hydrogen-bond donors (Lipinski definition) is 1. The zero-order chi connectivity index (χ0) is 14.6. The van der Waals surface area contributed by atoms with Crippen LogP contribution in [0.1, 0.15) is 25.8 Å². The van der Waals surface area contributed by atoms with E-state index in [4.69, 9.17) is 10.5 Å². The maximum absolute atomic E-state index is 6.46. The zero-order valence-electron chi connectivity index (χ0n) is 12.5. The summed E-state index contributed by atoms with van der Waals surface area (Å²) in [6, 6.07) is 6.10. The maximum Gasteiger partial charge on any atom is 0.122 e. The first kappa shape index (κ1) is 16.5. The summed E-state index contributed by atoms with van der Waals surface area (Å²) in [5.74, 6) is 0.899. The van der Waals surface area contributed by atoms with Gasteiger partial charge < -0.3 is 15.4 Å². The molecule has 2 atom stereocenters. The van der Waals surface area contributed by atoms with Crippen LogP contribution in [-0.4, -0.2) is 37.7 Å². The summed E-state index contributed by atoms with van der Waals surface area (Å²) in [6.07, 6.45) is 1.81. The fraction of sp³-hybridized carbons (Fsp3) is 0.600. The average Bonchev–Trinajstić information content (AvgIpc) is 2.37. The molecule has 1 rings (SSSR count). The van der Waals surface area contributed by atoms with Crippen molar-refractivity contribution >= 4 is 15.9 Å². The largest absolute Gasteiger partial charge is 0.496 e. The van der Waals surface area contributed by atoms with Gasteiger partial charge in [0.2, 0.25) is 0 Å². The number of ether oxygens (including phenoxy) is 1. The van der Waals surface area contributed by atoms with E-state index in [1.165, 1.54) is 0 Å². The summed E-state index contributed by atoms with van der Waals surface area (Å²) in [5, 5.41) is 0. The SMILES string of the molecule is CCC(C)(C(N)Cc1cc(Br)ccc1OC)N(C)C. The lowest BCUT2D eigenvalue weighted by molar-refractivity contribution is 0.131. The smallest absolute Gasteiger partial charge is 0.122 e. The number of halogens is 1. The zero-order valence-corrected chi connectivity index (χ0v) is 14.1. The highest BCUT2D eigenvalue weighted by atomic mass is 79.9. The Labute approximate surface area is 125 Å². The van der Waals surface area contributed by atoms with Gasteiger partial charge in [-0.15, -0.1) is 0 Å². The van der Waals surface area contributed by atoms with E-state index in [-0.39, 0.29) is 11.6 Å². The van der Waals surface area contributed by atoms with E-state index in [1.807, 2.05) is 12.1 Å². The number of hydrogen-bond acceptors (Lipinski definition) is 3. The van der Waals surface area contributed by atoms with Crippen molar-refractivity contribution in [2.45, 2.75) is 38.3 Å².